The zero-order chi connectivity index (χ0) is 20.8. The van der Waals surface area contributed by atoms with E-state index in [0.717, 1.165) is 5.56 Å². The summed E-state index contributed by atoms with van der Waals surface area (Å²) in [7, 11) is 0. The van der Waals surface area contributed by atoms with E-state index in [9.17, 15) is 13.2 Å². The van der Waals surface area contributed by atoms with Gasteiger partial charge < -0.3 is 9.30 Å². The van der Waals surface area contributed by atoms with Crippen LogP contribution in [-0.4, -0.2) is 30.2 Å². The average molecular weight is 402 g/mol. The largest absolute Gasteiger partial charge is 0.474 e. The summed E-state index contributed by atoms with van der Waals surface area (Å²) in [6.07, 6.45) is 0. The van der Waals surface area contributed by atoms with Crippen molar-refractivity contribution in [2.24, 2.45) is 0 Å². The van der Waals surface area contributed by atoms with Gasteiger partial charge in [-0.25, -0.2) is 13.2 Å². The number of hydrogen-bond acceptors (Lipinski definition) is 5. The predicted molar refractivity (Wildman–Crippen MR) is 98.5 cm³/mol. The van der Waals surface area contributed by atoms with Crippen molar-refractivity contribution in [3.63, 3.8) is 0 Å². The van der Waals surface area contributed by atoms with Crippen LogP contribution in [0.15, 0.2) is 30.3 Å². The van der Waals surface area contributed by atoms with Gasteiger partial charge in [0, 0.05) is 24.2 Å². The molecule has 10 heteroatoms. The monoisotopic (exact) mass is 402 g/mol. The van der Waals surface area contributed by atoms with Crippen molar-refractivity contribution in [2.45, 2.75) is 32.9 Å². The summed E-state index contributed by atoms with van der Waals surface area (Å²) in [6, 6.07) is 6.58. The third kappa shape index (κ3) is 3.30. The van der Waals surface area contributed by atoms with Crippen LogP contribution in [0.25, 0.3) is 22.4 Å². The maximum Gasteiger partial charge on any atom is 0.192 e. The number of hydrogen-bond donors (Lipinski definition) is 1. The summed E-state index contributed by atoms with van der Waals surface area (Å²) in [5.41, 5.74) is 0.878. The Kier molecular flexibility index (Phi) is 4.48. The summed E-state index contributed by atoms with van der Waals surface area (Å²) in [5.74, 6) is -3.05. The molecular formula is C19H17F3N6O. The number of H-pyrrole nitrogens is 1. The van der Waals surface area contributed by atoms with E-state index in [-0.39, 0.29) is 0 Å². The Morgan fingerprint density at radius 3 is 2.38 bits per heavy atom. The normalized spacial score (nSPS) is 11.9. The van der Waals surface area contributed by atoms with Crippen LogP contribution in [0.4, 0.5) is 13.2 Å². The zero-order valence-electron chi connectivity index (χ0n) is 15.9. The maximum atomic E-state index is 14.1. The fourth-order valence-electron chi connectivity index (χ4n) is 3.17. The number of halogens is 3. The minimum Gasteiger partial charge on any atom is -0.474 e. The summed E-state index contributed by atoms with van der Waals surface area (Å²) >= 11 is 0. The van der Waals surface area contributed by atoms with Crippen molar-refractivity contribution in [1.29, 1.82) is 0 Å². The Balaban J connectivity index is 1.75. The van der Waals surface area contributed by atoms with Gasteiger partial charge >= 0.3 is 0 Å². The van der Waals surface area contributed by atoms with Crippen molar-refractivity contribution < 1.29 is 17.9 Å². The van der Waals surface area contributed by atoms with E-state index < -0.39 is 28.8 Å². The van der Waals surface area contributed by atoms with Crippen molar-refractivity contribution in [2.75, 3.05) is 0 Å². The molecule has 0 radical (unpaired) electrons. The van der Waals surface area contributed by atoms with Crippen LogP contribution >= 0.6 is 0 Å². The second-order valence-electron chi connectivity index (χ2n) is 6.93. The lowest BCUT2D eigenvalue weighted by Crippen LogP contribution is -2.30. The van der Waals surface area contributed by atoms with E-state index >= 15 is 0 Å². The Bertz CT molecular complexity index is 1180. The van der Waals surface area contributed by atoms with Gasteiger partial charge in [0.25, 0.3) is 0 Å². The molecular weight excluding hydrogens is 385 g/mol. The van der Waals surface area contributed by atoms with Gasteiger partial charge in [-0.1, -0.05) is 0 Å². The highest BCUT2D eigenvalue weighted by Gasteiger charge is 2.33. The maximum absolute atomic E-state index is 14.1. The van der Waals surface area contributed by atoms with E-state index in [1.165, 1.54) is 0 Å². The molecule has 0 spiro atoms. The lowest BCUT2D eigenvalue weighted by molar-refractivity contribution is 0.0824. The summed E-state index contributed by atoms with van der Waals surface area (Å²) in [4.78, 5) is 0. The molecule has 0 saturated heterocycles. The molecule has 1 N–H and O–H groups in total. The standard InChI is InChI=1S/C19H17F3N6O/c1-4-28-17(10-5-6-14-15(7-10)24-27-23-14)25-26-18(28)19(2,3)29-16-12(21)8-11(20)9-13(16)22/h5-9H,4H2,1-3H3,(H,23,24,27). The molecule has 2 heterocycles. The van der Waals surface area contributed by atoms with Crippen LogP contribution in [-0.2, 0) is 12.1 Å². The first-order valence-corrected chi connectivity index (χ1v) is 8.88. The number of nitrogens with one attached hydrogen (secondary N) is 1. The Hall–Kier alpha value is -3.43. The molecule has 0 atom stereocenters. The second kappa shape index (κ2) is 6.87. The molecule has 2 aromatic carbocycles. The second-order valence-corrected chi connectivity index (χ2v) is 6.93. The third-order valence-corrected chi connectivity index (χ3v) is 4.50. The Morgan fingerprint density at radius 1 is 1.00 bits per heavy atom. The van der Waals surface area contributed by atoms with E-state index in [4.69, 9.17) is 4.74 Å². The lowest BCUT2D eigenvalue weighted by atomic mass is 10.1. The molecule has 7 nitrogen and oxygen atoms in total. The van der Waals surface area contributed by atoms with Gasteiger partial charge in [-0.2, -0.15) is 15.4 Å². The fraction of sp³-hybridized carbons (Fsp3) is 0.263. The Labute approximate surface area is 163 Å². The van der Waals surface area contributed by atoms with E-state index in [0.29, 0.717) is 41.4 Å². The van der Waals surface area contributed by atoms with Gasteiger partial charge in [0.1, 0.15) is 16.9 Å². The van der Waals surface area contributed by atoms with Crippen LogP contribution in [0.2, 0.25) is 0 Å². The first-order valence-electron chi connectivity index (χ1n) is 8.88. The summed E-state index contributed by atoms with van der Waals surface area (Å²) in [5, 5.41) is 19.1. The SMILES string of the molecule is CCn1c(-c2ccc3n[nH]nc3c2)nnc1C(C)(C)Oc1c(F)cc(F)cc1F. The van der Waals surface area contributed by atoms with E-state index in [2.05, 4.69) is 25.6 Å². The smallest absolute Gasteiger partial charge is 0.192 e. The van der Waals surface area contributed by atoms with E-state index in [1.54, 1.807) is 24.5 Å². The molecule has 29 heavy (non-hydrogen) atoms. The molecule has 0 unspecified atom stereocenters. The van der Waals surface area contributed by atoms with Crippen molar-refractivity contribution in [3.8, 4) is 17.1 Å². The topological polar surface area (TPSA) is 81.5 Å². The van der Waals surface area contributed by atoms with Crippen LogP contribution in [0, 0.1) is 17.5 Å². The van der Waals surface area contributed by atoms with Gasteiger partial charge in [-0.15, -0.1) is 10.2 Å². The van der Waals surface area contributed by atoms with Crippen LogP contribution in [0.5, 0.6) is 5.75 Å². The van der Waals surface area contributed by atoms with Crippen LogP contribution in [0.1, 0.15) is 26.6 Å². The molecule has 0 bridgehead atoms. The number of aromatic amines is 1. The average Bonchev–Trinajstić information content (AvgIpc) is 3.30. The fourth-order valence-corrected chi connectivity index (χ4v) is 3.17. The number of ether oxygens (including phenoxy) is 1. The van der Waals surface area contributed by atoms with Crippen molar-refractivity contribution >= 4 is 11.0 Å². The highest BCUT2D eigenvalue weighted by molar-refractivity contribution is 5.79. The number of benzene rings is 2. The number of rotatable bonds is 5. The third-order valence-electron chi connectivity index (χ3n) is 4.50. The first kappa shape index (κ1) is 18.9. The summed E-state index contributed by atoms with van der Waals surface area (Å²) < 4.78 is 48.7. The minimum atomic E-state index is -1.25. The summed E-state index contributed by atoms with van der Waals surface area (Å²) in [6.45, 7) is 5.59. The van der Waals surface area contributed by atoms with Gasteiger partial charge in [-0.3, -0.25) is 0 Å². The molecule has 0 amide bonds. The molecule has 0 aliphatic carbocycles. The highest BCUT2D eigenvalue weighted by Crippen LogP contribution is 2.33. The highest BCUT2D eigenvalue weighted by atomic mass is 19.1. The van der Waals surface area contributed by atoms with Crippen LogP contribution in [0.3, 0.4) is 0 Å². The molecule has 4 rings (SSSR count). The molecule has 0 fully saturated rings. The van der Waals surface area contributed by atoms with Crippen molar-refractivity contribution in [1.82, 2.24) is 30.2 Å². The molecule has 2 aromatic heterocycles. The predicted octanol–water partition coefficient (Wildman–Crippen LogP) is 3.97. The lowest BCUT2D eigenvalue weighted by Gasteiger charge is -2.26. The quantitative estimate of drug-likeness (QED) is 0.546. The molecule has 0 saturated carbocycles. The van der Waals surface area contributed by atoms with Crippen LogP contribution < -0.4 is 4.74 Å². The number of fused-ring (bicyclic) bond motifs is 1. The molecule has 0 aliphatic rings. The van der Waals surface area contributed by atoms with Crippen molar-refractivity contribution in [3.05, 3.63) is 53.6 Å². The van der Waals surface area contributed by atoms with Gasteiger partial charge in [0.2, 0.25) is 0 Å². The minimum absolute atomic E-state index is 0.360. The number of aromatic nitrogens is 6. The first-order chi connectivity index (χ1) is 13.8. The Morgan fingerprint density at radius 2 is 1.69 bits per heavy atom. The zero-order valence-corrected chi connectivity index (χ0v) is 15.9. The molecule has 4 aromatic rings. The van der Waals surface area contributed by atoms with Gasteiger partial charge in [0.15, 0.2) is 34.6 Å². The molecule has 0 aliphatic heterocycles. The van der Waals surface area contributed by atoms with E-state index in [1.807, 2.05) is 19.1 Å². The molecule has 150 valence electrons. The van der Waals surface area contributed by atoms with Gasteiger partial charge in [0.05, 0.1) is 0 Å². The number of nitrogens with zero attached hydrogens (tertiary/aromatic N) is 5. The van der Waals surface area contributed by atoms with Gasteiger partial charge in [-0.05, 0) is 39.0 Å².